The van der Waals surface area contributed by atoms with Gasteiger partial charge in [0.15, 0.2) is 6.61 Å². The number of aliphatic carboxylic acids is 1. The van der Waals surface area contributed by atoms with Gasteiger partial charge >= 0.3 is 12.0 Å². The number of hydrogen-bond acceptors (Lipinski definition) is 3. The number of nitrogens with zero attached hydrogens (tertiary/aromatic N) is 1. The number of carboxylic acids is 1. The fourth-order valence-electron chi connectivity index (χ4n) is 1.60. The lowest BCUT2D eigenvalue weighted by atomic mass is 10.1. The maximum atomic E-state index is 12.1. The van der Waals surface area contributed by atoms with Crippen molar-refractivity contribution >= 4 is 17.7 Å². The highest BCUT2D eigenvalue weighted by Crippen LogP contribution is 2.24. The molecule has 0 fully saturated rings. The van der Waals surface area contributed by atoms with Gasteiger partial charge in [0.05, 0.1) is 5.69 Å². The lowest BCUT2D eigenvalue weighted by molar-refractivity contribution is -0.139. The molecular formula is C15H22N2O4. The summed E-state index contributed by atoms with van der Waals surface area (Å²) in [5.41, 5.74) is 0.458. The first-order valence-electron chi connectivity index (χ1n) is 6.86. The predicted molar refractivity (Wildman–Crippen MR) is 80.7 cm³/mol. The van der Waals surface area contributed by atoms with Gasteiger partial charge in [0, 0.05) is 13.6 Å². The van der Waals surface area contributed by atoms with E-state index in [0.29, 0.717) is 23.9 Å². The highest BCUT2D eigenvalue weighted by atomic mass is 16.5. The molecule has 1 aromatic rings. The number of nitrogens with one attached hydrogen (secondary N) is 1. The summed E-state index contributed by atoms with van der Waals surface area (Å²) in [6.07, 6.45) is 0.918. The first kappa shape index (κ1) is 16.8. The number of carbonyl (C=O) groups excluding carboxylic acids is 1. The van der Waals surface area contributed by atoms with Crippen LogP contribution in [0.1, 0.15) is 20.3 Å². The Balaban J connectivity index is 2.64. The van der Waals surface area contributed by atoms with Crippen LogP contribution in [0.5, 0.6) is 5.75 Å². The molecule has 0 saturated carbocycles. The van der Waals surface area contributed by atoms with E-state index in [-0.39, 0.29) is 6.03 Å². The molecule has 0 spiro atoms. The van der Waals surface area contributed by atoms with Crippen LogP contribution in [0, 0.1) is 5.92 Å². The average Bonchev–Trinajstić information content (AvgIpc) is 2.43. The van der Waals surface area contributed by atoms with Crippen molar-refractivity contribution in [1.29, 1.82) is 0 Å². The molecule has 1 aromatic carbocycles. The molecule has 0 aliphatic carbocycles. The molecule has 0 heterocycles. The number of amides is 2. The lowest BCUT2D eigenvalue weighted by Gasteiger charge is -2.20. The van der Waals surface area contributed by atoms with Gasteiger partial charge in [-0.1, -0.05) is 26.0 Å². The fraction of sp³-hybridized carbons (Fsp3) is 0.467. The Bertz CT molecular complexity index is 488. The first-order valence-corrected chi connectivity index (χ1v) is 6.86. The van der Waals surface area contributed by atoms with Crippen molar-refractivity contribution in [2.75, 3.05) is 25.5 Å². The Morgan fingerprint density at radius 2 is 2.00 bits per heavy atom. The van der Waals surface area contributed by atoms with E-state index in [0.717, 1.165) is 6.42 Å². The van der Waals surface area contributed by atoms with Crippen molar-refractivity contribution in [3.63, 3.8) is 0 Å². The van der Waals surface area contributed by atoms with Gasteiger partial charge in [-0.15, -0.1) is 0 Å². The van der Waals surface area contributed by atoms with Gasteiger partial charge in [-0.3, -0.25) is 0 Å². The first-order chi connectivity index (χ1) is 9.90. The van der Waals surface area contributed by atoms with Gasteiger partial charge in [-0.05, 0) is 24.5 Å². The van der Waals surface area contributed by atoms with Crippen LogP contribution in [0.15, 0.2) is 24.3 Å². The molecule has 1 rings (SSSR count). The average molecular weight is 294 g/mol. The largest absolute Gasteiger partial charge is 0.480 e. The Morgan fingerprint density at radius 1 is 1.33 bits per heavy atom. The second-order valence-electron chi connectivity index (χ2n) is 5.21. The van der Waals surface area contributed by atoms with Crippen LogP contribution < -0.4 is 10.1 Å². The summed E-state index contributed by atoms with van der Waals surface area (Å²) in [6, 6.07) is 6.51. The molecule has 0 saturated heterocycles. The molecule has 2 amide bonds. The highest BCUT2D eigenvalue weighted by Gasteiger charge is 2.12. The summed E-state index contributed by atoms with van der Waals surface area (Å²) >= 11 is 0. The van der Waals surface area contributed by atoms with E-state index < -0.39 is 12.6 Å². The van der Waals surface area contributed by atoms with Gasteiger partial charge in [0.1, 0.15) is 5.75 Å². The van der Waals surface area contributed by atoms with Crippen LogP contribution in [-0.2, 0) is 4.79 Å². The van der Waals surface area contributed by atoms with Gasteiger partial charge in [-0.25, -0.2) is 9.59 Å². The Morgan fingerprint density at radius 3 is 2.62 bits per heavy atom. The normalized spacial score (nSPS) is 10.3. The number of carbonyl (C=O) groups is 2. The highest BCUT2D eigenvalue weighted by molar-refractivity contribution is 5.90. The second-order valence-corrected chi connectivity index (χ2v) is 5.21. The number of rotatable bonds is 7. The standard InChI is InChI=1S/C15H22N2O4/c1-11(2)8-9-17(3)15(20)16-12-6-4-5-7-13(12)21-10-14(18)19/h4-7,11H,8-10H2,1-3H3,(H,16,20)(H,18,19). The molecule has 0 unspecified atom stereocenters. The monoisotopic (exact) mass is 294 g/mol. The molecular weight excluding hydrogens is 272 g/mol. The fourth-order valence-corrected chi connectivity index (χ4v) is 1.60. The van der Waals surface area contributed by atoms with Crippen molar-refractivity contribution in [3.05, 3.63) is 24.3 Å². The molecule has 0 aliphatic heterocycles. The molecule has 6 heteroatoms. The summed E-state index contributed by atoms with van der Waals surface area (Å²) in [4.78, 5) is 24.2. The van der Waals surface area contributed by atoms with Crippen LogP contribution in [-0.4, -0.2) is 42.2 Å². The van der Waals surface area contributed by atoms with Crippen LogP contribution in [0.25, 0.3) is 0 Å². The Hall–Kier alpha value is -2.24. The topological polar surface area (TPSA) is 78.9 Å². The summed E-state index contributed by atoms with van der Waals surface area (Å²) in [5, 5.41) is 11.4. The summed E-state index contributed by atoms with van der Waals surface area (Å²) in [7, 11) is 1.72. The summed E-state index contributed by atoms with van der Waals surface area (Å²) < 4.78 is 5.14. The zero-order valence-corrected chi connectivity index (χ0v) is 12.6. The maximum Gasteiger partial charge on any atom is 0.341 e. The third-order valence-electron chi connectivity index (χ3n) is 2.87. The molecule has 116 valence electrons. The van der Waals surface area contributed by atoms with E-state index in [1.54, 1.807) is 36.2 Å². The minimum absolute atomic E-state index is 0.248. The van der Waals surface area contributed by atoms with Gasteiger partial charge in [0.2, 0.25) is 0 Å². The molecule has 21 heavy (non-hydrogen) atoms. The number of anilines is 1. The summed E-state index contributed by atoms with van der Waals surface area (Å²) in [5.74, 6) is -0.206. The number of hydrogen-bond donors (Lipinski definition) is 2. The van der Waals surface area contributed by atoms with E-state index in [2.05, 4.69) is 19.2 Å². The zero-order valence-electron chi connectivity index (χ0n) is 12.6. The summed E-state index contributed by atoms with van der Waals surface area (Å²) in [6.45, 7) is 4.40. The van der Waals surface area contributed by atoms with E-state index in [4.69, 9.17) is 9.84 Å². The molecule has 0 bridgehead atoms. The minimum Gasteiger partial charge on any atom is -0.480 e. The van der Waals surface area contributed by atoms with Crippen molar-refractivity contribution in [1.82, 2.24) is 4.90 Å². The maximum absolute atomic E-state index is 12.1. The smallest absolute Gasteiger partial charge is 0.341 e. The van der Waals surface area contributed by atoms with Crippen molar-refractivity contribution < 1.29 is 19.4 Å². The van der Waals surface area contributed by atoms with E-state index >= 15 is 0 Å². The van der Waals surface area contributed by atoms with Crippen LogP contribution in [0.4, 0.5) is 10.5 Å². The molecule has 0 atom stereocenters. The Labute approximate surface area is 124 Å². The molecule has 0 aliphatic rings. The van der Waals surface area contributed by atoms with E-state index in [1.165, 1.54) is 0 Å². The molecule has 0 radical (unpaired) electrons. The third-order valence-corrected chi connectivity index (χ3v) is 2.87. The van der Waals surface area contributed by atoms with E-state index in [9.17, 15) is 9.59 Å². The number of urea groups is 1. The predicted octanol–water partition coefficient (Wildman–Crippen LogP) is 2.66. The molecule has 2 N–H and O–H groups in total. The third kappa shape index (κ3) is 6.16. The van der Waals surface area contributed by atoms with Crippen LogP contribution in [0.3, 0.4) is 0 Å². The zero-order chi connectivity index (χ0) is 15.8. The number of ether oxygens (including phenoxy) is 1. The Kier molecular flexibility index (Phi) is 6.52. The second kappa shape index (κ2) is 8.14. The number of benzene rings is 1. The van der Waals surface area contributed by atoms with Crippen LogP contribution in [0.2, 0.25) is 0 Å². The molecule has 6 nitrogen and oxygen atoms in total. The van der Waals surface area contributed by atoms with Crippen molar-refractivity contribution in [2.24, 2.45) is 5.92 Å². The van der Waals surface area contributed by atoms with Crippen molar-refractivity contribution in [2.45, 2.75) is 20.3 Å². The minimum atomic E-state index is -1.06. The van der Waals surface area contributed by atoms with Gasteiger partial charge < -0.3 is 20.1 Å². The van der Waals surface area contributed by atoms with Crippen LogP contribution >= 0.6 is 0 Å². The van der Waals surface area contributed by atoms with Crippen molar-refractivity contribution in [3.8, 4) is 5.75 Å². The van der Waals surface area contributed by atoms with E-state index in [1.807, 2.05) is 0 Å². The van der Waals surface area contributed by atoms with Gasteiger partial charge in [0.25, 0.3) is 0 Å². The molecule has 0 aromatic heterocycles. The SMILES string of the molecule is CC(C)CCN(C)C(=O)Nc1ccccc1OCC(=O)O. The lowest BCUT2D eigenvalue weighted by Crippen LogP contribution is -2.32. The quantitative estimate of drug-likeness (QED) is 0.810. The van der Waals surface area contributed by atoms with Gasteiger partial charge in [-0.2, -0.15) is 0 Å². The number of carboxylic acid groups (broad SMARTS) is 1. The number of para-hydroxylation sites is 2.